The van der Waals surface area contributed by atoms with Gasteiger partial charge in [-0.3, -0.25) is 4.79 Å². The third kappa shape index (κ3) is 5.07. The molecule has 0 aliphatic heterocycles. The number of aromatic nitrogens is 3. The number of carbonyl (C=O) groups is 1. The molecule has 1 aromatic carbocycles. The summed E-state index contributed by atoms with van der Waals surface area (Å²) in [5.41, 5.74) is 1.04. The van der Waals surface area contributed by atoms with Crippen molar-refractivity contribution in [2.24, 2.45) is 0 Å². The molecule has 2 N–H and O–H groups in total. The molecule has 7 heteroatoms. The second-order valence-electron chi connectivity index (χ2n) is 5.75. The predicted molar refractivity (Wildman–Crippen MR) is 102 cm³/mol. The Morgan fingerprint density at radius 1 is 1.04 bits per heavy atom. The van der Waals surface area contributed by atoms with Crippen molar-refractivity contribution in [3.63, 3.8) is 0 Å². The first-order valence-corrected chi connectivity index (χ1v) is 8.75. The van der Waals surface area contributed by atoms with Gasteiger partial charge in [0.05, 0.1) is 12.5 Å². The van der Waals surface area contributed by atoms with Gasteiger partial charge in [-0.25, -0.2) is 9.97 Å². The van der Waals surface area contributed by atoms with Crippen LogP contribution in [0.5, 0.6) is 0 Å². The van der Waals surface area contributed by atoms with Crippen LogP contribution in [0, 0.1) is 0 Å². The van der Waals surface area contributed by atoms with Gasteiger partial charge in [0.25, 0.3) is 0 Å². The van der Waals surface area contributed by atoms with E-state index in [2.05, 4.69) is 20.6 Å². The number of halogens is 1. The molecule has 26 heavy (non-hydrogen) atoms. The van der Waals surface area contributed by atoms with E-state index in [1.54, 1.807) is 18.5 Å². The third-order valence-corrected chi connectivity index (χ3v) is 4.17. The van der Waals surface area contributed by atoms with Gasteiger partial charge in [-0.05, 0) is 35.9 Å². The average molecular weight is 370 g/mol. The van der Waals surface area contributed by atoms with Gasteiger partial charge >= 0.3 is 0 Å². The lowest BCUT2D eigenvalue weighted by Gasteiger charge is -2.19. The number of hydrogen-bond acceptors (Lipinski definition) is 4. The van der Waals surface area contributed by atoms with Crippen molar-refractivity contribution in [3.8, 4) is 0 Å². The number of benzene rings is 1. The second kappa shape index (κ2) is 9.01. The molecule has 3 rings (SSSR count). The van der Waals surface area contributed by atoms with Gasteiger partial charge in [0.2, 0.25) is 11.9 Å². The number of nitrogens with zero attached hydrogens (tertiary/aromatic N) is 3. The van der Waals surface area contributed by atoms with Crippen molar-refractivity contribution in [3.05, 3.63) is 77.8 Å². The zero-order valence-corrected chi connectivity index (χ0v) is 14.9. The Labute approximate surface area is 157 Å². The van der Waals surface area contributed by atoms with Crippen LogP contribution in [-0.2, 0) is 4.79 Å². The lowest BCUT2D eigenvalue weighted by molar-refractivity contribution is -0.121. The SMILES string of the molecule is O=C(CC(c1ccc(Cl)cc1)n1cccc1)NCCNc1ncccn1. The molecule has 0 radical (unpaired) electrons. The van der Waals surface area contributed by atoms with Crippen LogP contribution in [0.25, 0.3) is 0 Å². The Bertz CT molecular complexity index is 806. The largest absolute Gasteiger partial charge is 0.354 e. The highest BCUT2D eigenvalue weighted by molar-refractivity contribution is 6.30. The minimum Gasteiger partial charge on any atom is -0.354 e. The summed E-state index contributed by atoms with van der Waals surface area (Å²) in [5.74, 6) is 0.530. The highest BCUT2D eigenvalue weighted by Crippen LogP contribution is 2.23. The van der Waals surface area contributed by atoms with Gasteiger partial charge in [0.15, 0.2) is 0 Å². The molecule has 1 amide bonds. The molecule has 1 atom stereocenters. The summed E-state index contributed by atoms with van der Waals surface area (Å²) in [6, 6.07) is 13.2. The Balaban J connectivity index is 1.55. The standard InChI is InChI=1S/C19H20ClN5O/c20-16-6-4-15(5-7-16)17(25-12-1-2-13-25)14-18(26)21-10-11-24-19-22-8-3-9-23-19/h1-9,12-13,17H,10-11,14H2,(H,21,26)(H,22,23,24). The minimum atomic E-state index is -0.0762. The molecule has 6 nitrogen and oxygen atoms in total. The molecule has 0 bridgehead atoms. The molecule has 134 valence electrons. The molecule has 2 aromatic heterocycles. The van der Waals surface area contributed by atoms with E-state index in [0.29, 0.717) is 30.5 Å². The number of anilines is 1. The first kappa shape index (κ1) is 17.9. The Morgan fingerprint density at radius 2 is 1.73 bits per heavy atom. The Kier molecular flexibility index (Phi) is 6.22. The van der Waals surface area contributed by atoms with E-state index in [1.807, 2.05) is 53.4 Å². The Morgan fingerprint density at radius 3 is 2.42 bits per heavy atom. The first-order chi connectivity index (χ1) is 12.7. The second-order valence-corrected chi connectivity index (χ2v) is 6.19. The zero-order valence-electron chi connectivity index (χ0n) is 14.2. The fraction of sp³-hybridized carbons (Fsp3) is 0.211. The molecule has 0 saturated carbocycles. The molecule has 1 unspecified atom stereocenters. The van der Waals surface area contributed by atoms with Crippen molar-refractivity contribution >= 4 is 23.5 Å². The highest BCUT2D eigenvalue weighted by atomic mass is 35.5. The summed E-state index contributed by atoms with van der Waals surface area (Å²) in [7, 11) is 0. The predicted octanol–water partition coefficient (Wildman–Crippen LogP) is 3.14. The lowest BCUT2D eigenvalue weighted by Crippen LogP contribution is -2.31. The van der Waals surface area contributed by atoms with Crippen LogP contribution in [0.2, 0.25) is 5.02 Å². The fourth-order valence-corrected chi connectivity index (χ4v) is 2.78. The summed E-state index contributed by atoms with van der Waals surface area (Å²) in [4.78, 5) is 20.5. The van der Waals surface area contributed by atoms with Gasteiger partial charge in [-0.2, -0.15) is 0 Å². The van der Waals surface area contributed by atoms with E-state index in [0.717, 1.165) is 5.56 Å². The van der Waals surface area contributed by atoms with E-state index in [4.69, 9.17) is 11.6 Å². The minimum absolute atomic E-state index is 0.0190. The van der Waals surface area contributed by atoms with Gasteiger partial charge in [0, 0.05) is 42.9 Å². The maximum Gasteiger partial charge on any atom is 0.222 e. The molecule has 0 aliphatic carbocycles. The van der Waals surface area contributed by atoms with Crippen LogP contribution in [0.3, 0.4) is 0 Å². The van der Waals surface area contributed by atoms with E-state index in [-0.39, 0.29) is 11.9 Å². The molecule has 0 saturated heterocycles. The molecule has 0 aliphatic rings. The highest BCUT2D eigenvalue weighted by Gasteiger charge is 2.17. The maximum atomic E-state index is 12.4. The summed E-state index contributed by atoms with van der Waals surface area (Å²) in [6.45, 7) is 1.06. The van der Waals surface area contributed by atoms with Crippen LogP contribution in [0.15, 0.2) is 67.3 Å². The smallest absolute Gasteiger partial charge is 0.222 e. The van der Waals surface area contributed by atoms with Gasteiger partial charge in [0.1, 0.15) is 0 Å². The molecular weight excluding hydrogens is 350 g/mol. The summed E-state index contributed by atoms with van der Waals surface area (Å²) >= 11 is 5.98. The average Bonchev–Trinajstić information content (AvgIpc) is 3.19. The quantitative estimate of drug-likeness (QED) is 0.598. The van der Waals surface area contributed by atoms with E-state index in [9.17, 15) is 4.79 Å². The lowest BCUT2D eigenvalue weighted by atomic mass is 10.0. The summed E-state index contributed by atoms with van der Waals surface area (Å²) in [5, 5.41) is 6.67. The third-order valence-electron chi connectivity index (χ3n) is 3.92. The van der Waals surface area contributed by atoms with Crippen LogP contribution < -0.4 is 10.6 Å². The summed E-state index contributed by atoms with van der Waals surface area (Å²) in [6.07, 6.45) is 7.60. The van der Waals surface area contributed by atoms with E-state index >= 15 is 0 Å². The van der Waals surface area contributed by atoms with E-state index in [1.165, 1.54) is 0 Å². The topological polar surface area (TPSA) is 71.8 Å². The molecule has 0 spiro atoms. The number of amides is 1. The van der Waals surface area contributed by atoms with E-state index < -0.39 is 0 Å². The van der Waals surface area contributed by atoms with Gasteiger partial charge in [-0.15, -0.1) is 0 Å². The number of hydrogen-bond donors (Lipinski definition) is 2. The molecule has 2 heterocycles. The van der Waals surface area contributed by atoms with Gasteiger partial charge in [-0.1, -0.05) is 23.7 Å². The Hall–Kier alpha value is -2.86. The van der Waals surface area contributed by atoms with Crippen LogP contribution in [-0.4, -0.2) is 33.5 Å². The zero-order chi connectivity index (χ0) is 18.2. The molecular formula is C19H20ClN5O. The summed E-state index contributed by atoms with van der Waals surface area (Å²) < 4.78 is 2.03. The first-order valence-electron chi connectivity index (χ1n) is 8.38. The van der Waals surface area contributed by atoms with Crippen molar-refractivity contribution in [1.82, 2.24) is 19.9 Å². The van der Waals surface area contributed by atoms with Crippen molar-refractivity contribution in [2.75, 3.05) is 18.4 Å². The molecule has 0 fully saturated rings. The van der Waals surface area contributed by atoms with Crippen molar-refractivity contribution < 1.29 is 4.79 Å². The fourth-order valence-electron chi connectivity index (χ4n) is 2.65. The number of nitrogens with one attached hydrogen (secondary N) is 2. The van der Waals surface area contributed by atoms with Crippen molar-refractivity contribution in [1.29, 1.82) is 0 Å². The van der Waals surface area contributed by atoms with Gasteiger partial charge < -0.3 is 15.2 Å². The van der Waals surface area contributed by atoms with Crippen LogP contribution in [0.4, 0.5) is 5.95 Å². The van der Waals surface area contributed by atoms with Crippen LogP contribution >= 0.6 is 11.6 Å². The van der Waals surface area contributed by atoms with Crippen LogP contribution in [0.1, 0.15) is 18.0 Å². The van der Waals surface area contributed by atoms with Crippen molar-refractivity contribution in [2.45, 2.75) is 12.5 Å². The monoisotopic (exact) mass is 369 g/mol. The molecule has 3 aromatic rings. The maximum absolute atomic E-state index is 12.4. The number of rotatable bonds is 8. The normalized spacial score (nSPS) is 11.7. The number of carbonyl (C=O) groups excluding carboxylic acids is 1.